The molecule has 1 saturated heterocycles. The molecule has 0 bridgehead atoms. The molecule has 0 amide bonds. The van der Waals surface area contributed by atoms with Gasteiger partial charge >= 0.3 is 0 Å². The van der Waals surface area contributed by atoms with Crippen molar-refractivity contribution < 1.29 is 5.11 Å². The predicted octanol–water partition coefficient (Wildman–Crippen LogP) is 2.25. The number of rotatable bonds is 5. The maximum Gasteiger partial charge on any atom is 0.0758 e. The summed E-state index contributed by atoms with van der Waals surface area (Å²) >= 11 is 0. The molecule has 2 rings (SSSR count). The minimum absolute atomic E-state index is 0.439. The molecule has 19 heavy (non-hydrogen) atoms. The Morgan fingerprint density at radius 1 is 1.37 bits per heavy atom. The first-order valence-corrected chi connectivity index (χ1v) is 8.10. The van der Waals surface area contributed by atoms with Gasteiger partial charge in [0.15, 0.2) is 0 Å². The van der Waals surface area contributed by atoms with Crippen LogP contribution in [0.1, 0.15) is 52.9 Å². The summed E-state index contributed by atoms with van der Waals surface area (Å²) in [4.78, 5) is 2.50. The smallest absolute Gasteiger partial charge is 0.0758 e. The molecule has 3 atom stereocenters. The van der Waals surface area contributed by atoms with E-state index in [1.165, 1.54) is 32.2 Å². The highest BCUT2D eigenvalue weighted by atomic mass is 16.3. The van der Waals surface area contributed by atoms with Crippen LogP contribution >= 0.6 is 0 Å². The second kappa shape index (κ2) is 6.11. The van der Waals surface area contributed by atoms with Crippen LogP contribution in [0.5, 0.6) is 0 Å². The highest BCUT2D eigenvalue weighted by Crippen LogP contribution is 2.40. The van der Waals surface area contributed by atoms with Gasteiger partial charge in [0, 0.05) is 26.2 Å². The third-order valence-electron chi connectivity index (χ3n) is 5.03. The second-order valence-electron chi connectivity index (χ2n) is 7.44. The molecule has 3 nitrogen and oxygen atoms in total. The van der Waals surface area contributed by atoms with E-state index in [0.29, 0.717) is 5.41 Å². The Bertz CT molecular complexity index is 292. The van der Waals surface area contributed by atoms with Crippen LogP contribution in [0.25, 0.3) is 0 Å². The molecule has 2 aliphatic rings. The number of hydrogen-bond donors (Lipinski definition) is 2. The summed E-state index contributed by atoms with van der Waals surface area (Å²) in [7, 11) is 0. The van der Waals surface area contributed by atoms with Gasteiger partial charge in [-0.15, -0.1) is 0 Å². The van der Waals surface area contributed by atoms with Crippen LogP contribution in [-0.4, -0.2) is 48.3 Å². The van der Waals surface area contributed by atoms with Crippen LogP contribution in [0, 0.1) is 11.3 Å². The van der Waals surface area contributed by atoms with E-state index in [-0.39, 0.29) is 0 Å². The lowest BCUT2D eigenvalue weighted by Crippen LogP contribution is -2.46. The topological polar surface area (TPSA) is 35.5 Å². The molecule has 0 spiro atoms. The Morgan fingerprint density at radius 2 is 2.16 bits per heavy atom. The summed E-state index contributed by atoms with van der Waals surface area (Å²) in [5.74, 6) is 0.857. The molecule has 0 radical (unpaired) electrons. The molecular formula is C16H32N2O. The lowest BCUT2D eigenvalue weighted by Gasteiger charge is -2.43. The van der Waals surface area contributed by atoms with Crippen molar-refractivity contribution >= 4 is 0 Å². The highest BCUT2D eigenvalue weighted by Gasteiger charge is 2.39. The van der Waals surface area contributed by atoms with Gasteiger partial charge in [0.05, 0.1) is 5.60 Å². The normalized spacial score (nSPS) is 40.7. The molecular weight excluding hydrogens is 236 g/mol. The third-order valence-corrected chi connectivity index (χ3v) is 5.03. The molecule has 1 heterocycles. The van der Waals surface area contributed by atoms with Gasteiger partial charge in [-0.05, 0) is 44.1 Å². The van der Waals surface area contributed by atoms with Crippen LogP contribution in [-0.2, 0) is 0 Å². The van der Waals surface area contributed by atoms with E-state index < -0.39 is 5.60 Å². The van der Waals surface area contributed by atoms with Gasteiger partial charge < -0.3 is 10.4 Å². The maximum absolute atomic E-state index is 10.1. The van der Waals surface area contributed by atoms with E-state index in [2.05, 4.69) is 24.1 Å². The minimum atomic E-state index is -0.459. The van der Waals surface area contributed by atoms with Crippen LogP contribution in [0.4, 0.5) is 0 Å². The quantitative estimate of drug-likeness (QED) is 0.803. The van der Waals surface area contributed by atoms with Gasteiger partial charge in [0.2, 0.25) is 0 Å². The number of likely N-dealkylation sites (tertiary alicyclic amines) is 1. The molecule has 0 aromatic carbocycles. The van der Waals surface area contributed by atoms with Crippen LogP contribution in [0.3, 0.4) is 0 Å². The molecule has 1 aliphatic heterocycles. The van der Waals surface area contributed by atoms with E-state index in [1.807, 2.05) is 6.92 Å². The summed E-state index contributed by atoms with van der Waals surface area (Å²) < 4.78 is 0. The molecule has 112 valence electrons. The van der Waals surface area contributed by atoms with Crippen LogP contribution in [0.15, 0.2) is 0 Å². The first kappa shape index (κ1) is 15.3. The SMILES string of the molecule is CCNCC1(CN2CCC(C)(O)C2)CCCC(C)C1. The summed E-state index contributed by atoms with van der Waals surface area (Å²) in [6, 6.07) is 0. The van der Waals surface area contributed by atoms with Crippen LogP contribution < -0.4 is 5.32 Å². The Balaban J connectivity index is 1.97. The Hall–Kier alpha value is -0.120. The van der Waals surface area contributed by atoms with Crippen molar-refractivity contribution in [3.05, 3.63) is 0 Å². The molecule has 0 aromatic rings. The Morgan fingerprint density at radius 3 is 2.74 bits per heavy atom. The molecule has 1 aliphatic carbocycles. The summed E-state index contributed by atoms with van der Waals surface area (Å²) in [6.07, 6.45) is 6.39. The average molecular weight is 268 g/mol. The van der Waals surface area contributed by atoms with Crippen molar-refractivity contribution in [3.63, 3.8) is 0 Å². The highest BCUT2D eigenvalue weighted by molar-refractivity contribution is 4.94. The van der Waals surface area contributed by atoms with Gasteiger partial charge in [0.25, 0.3) is 0 Å². The monoisotopic (exact) mass is 268 g/mol. The number of hydrogen-bond acceptors (Lipinski definition) is 3. The van der Waals surface area contributed by atoms with E-state index in [9.17, 15) is 5.11 Å². The maximum atomic E-state index is 10.1. The fraction of sp³-hybridized carbons (Fsp3) is 1.00. The third kappa shape index (κ3) is 4.17. The minimum Gasteiger partial charge on any atom is -0.389 e. The number of nitrogens with one attached hydrogen (secondary N) is 1. The fourth-order valence-electron chi connectivity index (χ4n) is 4.17. The van der Waals surface area contributed by atoms with Gasteiger partial charge in [-0.2, -0.15) is 0 Å². The first-order chi connectivity index (χ1) is 8.95. The van der Waals surface area contributed by atoms with Crippen molar-refractivity contribution in [2.75, 3.05) is 32.7 Å². The molecule has 3 unspecified atom stereocenters. The molecule has 0 aromatic heterocycles. The van der Waals surface area contributed by atoms with Crippen LogP contribution in [0.2, 0.25) is 0 Å². The van der Waals surface area contributed by atoms with Gasteiger partial charge in [-0.1, -0.05) is 26.7 Å². The van der Waals surface area contributed by atoms with E-state index in [4.69, 9.17) is 0 Å². The zero-order chi connectivity index (χ0) is 13.9. The van der Waals surface area contributed by atoms with Gasteiger partial charge in [-0.25, -0.2) is 0 Å². The van der Waals surface area contributed by atoms with Crippen molar-refractivity contribution in [3.8, 4) is 0 Å². The lowest BCUT2D eigenvalue weighted by molar-refractivity contribution is 0.0485. The molecule has 3 heteroatoms. The number of β-amino-alcohol motifs (C(OH)–C–C–N with tert-alkyl or cyclic N) is 1. The van der Waals surface area contributed by atoms with Crippen molar-refractivity contribution in [1.29, 1.82) is 0 Å². The van der Waals surface area contributed by atoms with E-state index in [0.717, 1.165) is 38.5 Å². The Kier molecular flexibility index (Phi) is 4.91. The largest absolute Gasteiger partial charge is 0.389 e. The van der Waals surface area contributed by atoms with Crippen molar-refractivity contribution in [2.24, 2.45) is 11.3 Å². The lowest BCUT2D eigenvalue weighted by atomic mass is 9.69. The van der Waals surface area contributed by atoms with Gasteiger partial charge in [-0.3, -0.25) is 4.90 Å². The first-order valence-electron chi connectivity index (χ1n) is 8.10. The van der Waals surface area contributed by atoms with Gasteiger partial charge in [0.1, 0.15) is 0 Å². The number of nitrogens with zero attached hydrogens (tertiary/aromatic N) is 1. The molecule has 2 fully saturated rings. The average Bonchev–Trinajstić information content (AvgIpc) is 2.66. The van der Waals surface area contributed by atoms with Crippen molar-refractivity contribution in [1.82, 2.24) is 10.2 Å². The van der Waals surface area contributed by atoms with Crippen molar-refractivity contribution in [2.45, 2.75) is 58.5 Å². The summed E-state index contributed by atoms with van der Waals surface area (Å²) in [5, 5.41) is 13.7. The zero-order valence-electron chi connectivity index (χ0n) is 13.0. The summed E-state index contributed by atoms with van der Waals surface area (Å²) in [6.45, 7) is 11.9. The molecule has 2 N–H and O–H groups in total. The number of aliphatic hydroxyl groups is 1. The molecule has 1 saturated carbocycles. The standard InChI is InChI=1S/C16H32N2O/c1-4-17-11-16(7-5-6-14(2)10-16)13-18-9-8-15(3,19)12-18/h14,17,19H,4-13H2,1-3H3. The summed E-state index contributed by atoms with van der Waals surface area (Å²) in [5.41, 5.74) is -0.0201. The van der Waals surface area contributed by atoms with E-state index >= 15 is 0 Å². The second-order valence-corrected chi connectivity index (χ2v) is 7.44. The fourth-order valence-corrected chi connectivity index (χ4v) is 4.17. The zero-order valence-corrected chi connectivity index (χ0v) is 13.0. The Labute approximate surface area is 118 Å². The predicted molar refractivity (Wildman–Crippen MR) is 80.3 cm³/mol. The van der Waals surface area contributed by atoms with E-state index in [1.54, 1.807) is 0 Å².